The van der Waals surface area contributed by atoms with Gasteiger partial charge in [-0.05, 0) is 33.1 Å². The highest BCUT2D eigenvalue weighted by atomic mass is 16.5. The quantitative estimate of drug-likeness (QED) is 0.690. The van der Waals surface area contributed by atoms with E-state index in [0.717, 1.165) is 25.9 Å². The smallest absolute Gasteiger partial charge is 0.0646 e. The standard InChI is InChI=1S/C12H25NO2/c1-11(2,14-3)8-9-15-10-12(13)6-4-5-7-12/h4-10,13H2,1-3H3. The Labute approximate surface area is 93.3 Å². The monoisotopic (exact) mass is 215 g/mol. The van der Waals surface area contributed by atoms with Crippen LogP contribution >= 0.6 is 0 Å². The van der Waals surface area contributed by atoms with Crippen molar-refractivity contribution in [2.75, 3.05) is 20.3 Å². The minimum atomic E-state index is -0.0859. The Hall–Kier alpha value is -0.120. The number of ether oxygens (including phenoxy) is 2. The summed E-state index contributed by atoms with van der Waals surface area (Å²) in [7, 11) is 1.74. The first-order valence-corrected chi connectivity index (χ1v) is 5.89. The zero-order valence-electron chi connectivity index (χ0n) is 10.3. The third-order valence-corrected chi connectivity index (χ3v) is 3.39. The molecule has 0 aromatic heterocycles. The van der Waals surface area contributed by atoms with Crippen LogP contribution in [0.5, 0.6) is 0 Å². The van der Waals surface area contributed by atoms with Gasteiger partial charge in [0.1, 0.15) is 0 Å². The summed E-state index contributed by atoms with van der Waals surface area (Å²) in [6.45, 7) is 5.58. The summed E-state index contributed by atoms with van der Waals surface area (Å²) in [5.41, 5.74) is 6.05. The third-order valence-electron chi connectivity index (χ3n) is 3.39. The van der Waals surface area contributed by atoms with E-state index in [0.29, 0.717) is 6.61 Å². The van der Waals surface area contributed by atoms with Crippen molar-refractivity contribution < 1.29 is 9.47 Å². The number of hydrogen-bond donors (Lipinski definition) is 1. The van der Waals surface area contributed by atoms with Crippen LogP contribution in [0.2, 0.25) is 0 Å². The van der Waals surface area contributed by atoms with Crippen molar-refractivity contribution in [2.24, 2.45) is 5.73 Å². The molecule has 3 nitrogen and oxygen atoms in total. The highest BCUT2D eigenvalue weighted by Crippen LogP contribution is 2.27. The van der Waals surface area contributed by atoms with Gasteiger partial charge in [0, 0.05) is 19.3 Å². The lowest BCUT2D eigenvalue weighted by molar-refractivity contribution is -0.0161. The van der Waals surface area contributed by atoms with Gasteiger partial charge in [-0.2, -0.15) is 0 Å². The fourth-order valence-electron chi connectivity index (χ4n) is 1.92. The zero-order valence-corrected chi connectivity index (χ0v) is 10.3. The van der Waals surface area contributed by atoms with E-state index in [2.05, 4.69) is 13.8 Å². The van der Waals surface area contributed by atoms with Crippen molar-refractivity contribution in [3.8, 4) is 0 Å². The van der Waals surface area contributed by atoms with E-state index in [1.807, 2.05) is 0 Å². The molecule has 0 bridgehead atoms. The first-order valence-electron chi connectivity index (χ1n) is 5.89. The van der Waals surface area contributed by atoms with Crippen LogP contribution in [0.1, 0.15) is 46.0 Å². The topological polar surface area (TPSA) is 44.5 Å². The second kappa shape index (κ2) is 5.28. The number of rotatable bonds is 6. The molecule has 0 amide bonds. The maximum atomic E-state index is 6.19. The Balaban J connectivity index is 2.11. The van der Waals surface area contributed by atoms with E-state index < -0.39 is 0 Å². The first kappa shape index (κ1) is 12.9. The highest BCUT2D eigenvalue weighted by Gasteiger charge is 2.29. The molecule has 0 radical (unpaired) electrons. The minimum Gasteiger partial charge on any atom is -0.379 e. The Morgan fingerprint density at radius 1 is 1.27 bits per heavy atom. The van der Waals surface area contributed by atoms with E-state index in [1.54, 1.807) is 7.11 Å². The molecule has 15 heavy (non-hydrogen) atoms. The third kappa shape index (κ3) is 4.49. The van der Waals surface area contributed by atoms with Crippen LogP contribution in [0.3, 0.4) is 0 Å². The van der Waals surface area contributed by atoms with Crippen LogP contribution < -0.4 is 5.73 Å². The average Bonchev–Trinajstić information content (AvgIpc) is 2.61. The molecule has 1 saturated carbocycles. The van der Waals surface area contributed by atoms with Gasteiger partial charge in [-0.25, -0.2) is 0 Å². The average molecular weight is 215 g/mol. The summed E-state index contributed by atoms with van der Waals surface area (Å²) in [6.07, 6.45) is 5.65. The molecule has 0 aromatic carbocycles. The maximum absolute atomic E-state index is 6.19. The molecule has 0 unspecified atom stereocenters. The molecule has 0 aromatic rings. The van der Waals surface area contributed by atoms with Gasteiger partial charge in [0.2, 0.25) is 0 Å². The molecule has 2 N–H and O–H groups in total. The van der Waals surface area contributed by atoms with Gasteiger partial charge in [-0.3, -0.25) is 0 Å². The van der Waals surface area contributed by atoms with Gasteiger partial charge >= 0.3 is 0 Å². The highest BCUT2D eigenvalue weighted by molar-refractivity contribution is 4.88. The number of hydrogen-bond acceptors (Lipinski definition) is 3. The van der Waals surface area contributed by atoms with Crippen molar-refractivity contribution in [2.45, 2.75) is 57.1 Å². The van der Waals surface area contributed by atoms with E-state index >= 15 is 0 Å². The summed E-state index contributed by atoms with van der Waals surface area (Å²) in [5, 5.41) is 0. The van der Waals surface area contributed by atoms with Gasteiger partial charge < -0.3 is 15.2 Å². The van der Waals surface area contributed by atoms with Gasteiger partial charge in [-0.1, -0.05) is 12.8 Å². The zero-order chi connectivity index (χ0) is 11.4. The molecule has 0 saturated heterocycles. The lowest BCUT2D eigenvalue weighted by Gasteiger charge is -2.26. The van der Waals surface area contributed by atoms with Crippen LogP contribution in [0, 0.1) is 0 Å². The Kier molecular flexibility index (Phi) is 4.56. The number of methoxy groups -OCH3 is 1. The summed E-state index contributed by atoms with van der Waals surface area (Å²) in [5.74, 6) is 0. The van der Waals surface area contributed by atoms with Crippen LogP contribution in [-0.4, -0.2) is 31.5 Å². The van der Waals surface area contributed by atoms with Crippen molar-refractivity contribution in [3.63, 3.8) is 0 Å². The van der Waals surface area contributed by atoms with Crippen molar-refractivity contribution in [3.05, 3.63) is 0 Å². The van der Waals surface area contributed by atoms with Crippen LogP contribution in [0.4, 0.5) is 0 Å². The van der Waals surface area contributed by atoms with E-state index in [4.69, 9.17) is 15.2 Å². The van der Waals surface area contributed by atoms with Crippen molar-refractivity contribution in [1.82, 2.24) is 0 Å². The Morgan fingerprint density at radius 2 is 1.87 bits per heavy atom. The molecule has 0 aliphatic heterocycles. The van der Waals surface area contributed by atoms with E-state index in [-0.39, 0.29) is 11.1 Å². The van der Waals surface area contributed by atoms with Gasteiger partial charge in [0.15, 0.2) is 0 Å². The Bertz CT molecular complexity index is 186. The predicted molar refractivity (Wildman–Crippen MR) is 61.9 cm³/mol. The van der Waals surface area contributed by atoms with Crippen LogP contribution in [0.15, 0.2) is 0 Å². The molecule has 0 heterocycles. The van der Waals surface area contributed by atoms with Gasteiger partial charge in [0.05, 0.1) is 12.2 Å². The summed E-state index contributed by atoms with van der Waals surface area (Å²) < 4.78 is 11.0. The molecule has 0 atom stereocenters. The lowest BCUT2D eigenvalue weighted by atomic mass is 10.0. The van der Waals surface area contributed by atoms with Gasteiger partial charge in [0.25, 0.3) is 0 Å². The van der Waals surface area contributed by atoms with E-state index in [9.17, 15) is 0 Å². The molecule has 1 fully saturated rings. The lowest BCUT2D eigenvalue weighted by Crippen LogP contribution is -2.41. The molecule has 1 aliphatic rings. The maximum Gasteiger partial charge on any atom is 0.0646 e. The number of nitrogens with two attached hydrogens (primary N) is 1. The molecule has 1 rings (SSSR count). The largest absolute Gasteiger partial charge is 0.379 e. The minimum absolute atomic E-state index is 0.0444. The van der Waals surface area contributed by atoms with Gasteiger partial charge in [-0.15, -0.1) is 0 Å². The molecule has 3 heteroatoms. The summed E-state index contributed by atoms with van der Waals surface area (Å²) in [4.78, 5) is 0. The summed E-state index contributed by atoms with van der Waals surface area (Å²) >= 11 is 0. The fraction of sp³-hybridized carbons (Fsp3) is 1.00. The van der Waals surface area contributed by atoms with Crippen molar-refractivity contribution in [1.29, 1.82) is 0 Å². The molecule has 1 aliphatic carbocycles. The van der Waals surface area contributed by atoms with Crippen LogP contribution in [-0.2, 0) is 9.47 Å². The fourth-order valence-corrected chi connectivity index (χ4v) is 1.92. The van der Waals surface area contributed by atoms with Crippen LogP contribution in [0.25, 0.3) is 0 Å². The molecule has 90 valence electrons. The summed E-state index contributed by atoms with van der Waals surface area (Å²) in [6, 6.07) is 0. The second-order valence-electron chi connectivity index (χ2n) is 5.34. The normalized spacial score (nSPS) is 20.8. The predicted octanol–water partition coefficient (Wildman–Crippen LogP) is 2.09. The second-order valence-corrected chi connectivity index (χ2v) is 5.34. The van der Waals surface area contributed by atoms with Crippen molar-refractivity contribution >= 4 is 0 Å². The Morgan fingerprint density at radius 3 is 2.40 bits per heavy atom. The first-order chi connectivity index (χ1) is 6.97. The SMILES string of the molecule is COC(C)(C)CCOCC1(N)CCCC1. The molecular weight excluding hydrogens is 190 g/mol. The van der Waals surface area contributed by atoms with E-state index in [1.165, 1.54) is 12.8 Å². The molecular formula is C12H25NO2. The molecule has 0 spiro atoms.